The number of aliphatic hydroxyl groups is 1. The van der Waals surface area contributed by atoms with E-state index in [0.717, 1.165) is 47.3 Å². The zero-order valence-corrected chi connectivity index (χ0v) is 30.0. The second-order valence-electron chi connectivity index (χ2n) is 12.1. The van der Waals surface area contributed by atoms with Crippen LogP contribution in [0.15, 0.2) is 66.4 Å². The first-order chi connectivity index (χ1) is 20.0. The van der Waals surface area contributed by atoms with Gasteiger partial charge in [0.25, 0.3) is 0 Å². The van der Waals surface area contributed by atoms with Gasteiger partial charge in [-0.1, -0.05) is 95.8 Å². The van der Waals surface area contributed by atoms with Crippen LogP contribution in [0.2, 0.25) is 0 Å². The number of thiazole rings is 1. The summed E-state index contributed by atoms with van der Waals surface area (Å²) in [4.78, 5) is 16.7. The summed E-state index contributed by atoms with van der Waals surface area (Å²) >= 11 is 1.77. The summed E-state index contributed by atoms with van der Waals surface area (Å²) in [7, 11) is 2.10. The van der Waals surface area contributed by atoms with Crippen LogP contribution in [0.1, 0.15) is 79.7 Å². The summed E-state index contributed by atoms with van der Waals surface area (Å²) in [6.07, 6.45) is 4.91. The van der Waals surface area contributed by atoms with Gasteiger partial charge in [-0.3, -0.25) is 9.78 Å². The molecule has 1 N–H and O–H groups in total. The minimum atomic E-state index is 0. The maximum Gasteiger partial charge on any atom is 0.162 e. The molecule has 6 heteroatoms. The Morgan fingerprint density at radius 1 is 0.953 bits per heavy atom. The van der Waals surface area contributed by atoms with Crippen molar-refractivity contribution in [1.82, 2.24) is 9.55 Å². The van der Waals surface area contributed by atoms with E-state index in [-0.39, 0.29) is 48.9 Å². The number of aliphatic hydroxyl groups excluding tert-OH is 1. The van der Waals surface area contributed by atoms with Crippen molar-refractivity contribution >= 4 is 49.1 Å². The molecule has 231 valence electrons. The van der Waals surface area contributed by atoms with Gasteiger partial charge in [0.1, 0.15) is 5.65 Å². The Hall–Kier alpha value is -2.79. The number of aromatic nitrogens is 2. The summed E-state index contributed by atoms with van der Waals surface area (Å²) < 4.78 is 3.44. The molecule has 0 aliphatic rings. The summed E-state index contributed by atoms with van der Waals surface area (Å²) in [6, 6.07) is 23.0. The number of carbonyl (C=O) groups excluding carboxylic acids is 1. The van der Waals surface area contributed by atoms with Crippen LogP contribution in [0.5, 0.6) is 0 Å². The minimum Gasteiger partial charge on any atom is -0.512 e. The number of para-hydroxylation sites is 1. The fraction of sp³-hybridized carbons (Fsp3) is 0.405. The van der Waals surface area contributed by atoms with E-state index >= 15 is 0 Å². The summed E-state index contributed by atoms with van der Waals surface area (Å²) in [5.41, 5.74) is 4.78. The molecule has 4 nitrogen and oxygen atoms in total. The first kappa shape index (κ1) is 34.7. The first-order valence-electron chi connectivity index (χ1n) is 15.3. The summed E-state index contributed by atoms with van der Waals surface area (Å²) in [6.45, 7) is 14.9. The zero-order valence-electron chi connectivity index (χ0n) is 26.7. The molecule has 0 atom stereocenters. The van der Waals surface area contributed by atoms with Crippen molar-refractivity contribution in [2.24, 2.45) is 18.9 Å². The molecule has 5 rings (SSSR count). The van der Waals surface area contributed by atoms with Crippen molar-refractivity contribution in [3.63, 3.8) is 0 Å². The number of rotatable bonds is 8. The minimum absolute atomic E-state index is 0. The molecule has 0 spiro atoms. The number of nitrogens with zero attached hydrogens (tertiary/aromatic N) is 2. The Morgan fingerprint density at radius 2 is 1.53 bits per heavy atom. The van der Waals surface area contributed by atoms with E-state index < -0.39 is 0 Å². The molecule has 0 aliphatic carbocycles. The summed E-state index contributed by atoms with van der Waals surface area (Å²) in [5, 5.41) is 14.5. The Morgan fingerprint density at radius 3 is 2.14 bits per heavy atom. The Kier molecular flexibility index (Phi) is 11.9. The maximum absolute atomic E-state index is 11.7. The van der Waals surface area contributed by atoms with Crippen molar-refractivity contribution in [2.75, 3.05) is 0 Å². The third-order valence-corrected chi connectivity index (χ3v) is 9.44. The van der Waals surface area contributed by atoms with Crippen LogP contribution in [0.4, 0.5) is 0 Å². The van der Waals surface area contributed by atoms with Gasteiger partial charge in [-0.25, -0.2) is 0 Å². The molecular formula is C37H45IrN2O2S-. The second kappa shape index (κ2) is 14.8. The molecule has 0 saturated heterocycles. The van der Waals surface area contributed by atoms with Crippen molar-refractivity contribution in [1.29, 1.82) is 0 Å². The van der Waals surface area contributed by atoms with E-state index in [0.29, 0.717) is 0 Å². The number of allylic oxidation sites excluding steroid dienone is 2. The molecule has 0 saturated carbocycles. The SMILES string of the molecule is CCC(CC)C(=O)/C=C(\O)C(CC)CC.Cn1c2ccccc2c2sc(-c3[c-]c4ccccc4c(C(C)(C)C)c3)nc21.[Ir]. The Bertz CT molecular complexity index is 1720. The molecule has 0 aliphatic heterocycles. The molecule has 0 unspecified atom stereocenters. The number of fused-ring (bicyclic) bond motifs is 4. The molecule has 43 heavy (non-hydrogen) atoms. The molecule has 5 aromatic rings. The average Bonchev–Trinajstić information content (AvgIpc) is 3.53. The second-order valence-corrected chi connectivity index (χ2v) is 13.1. The molecular weight excluding hydrogens is 729 g/mol. The quantitative estimate of drug-likeness (QED) is 0.0971. The van der Waals surface area contributed by atoms with Gasteiger partial charge in [-0.05, 0) is 37.2 Å². The maximum atomic E-state index is 11.7. The van der Waals surface area contributed by atoms with E-state index in [1.165, 1.54) is 32.6 Å². The van der Waals surface area contributed by atoms with Gasteiger partial charge in [0.15, 0.2) is 5.78 Å². The molecule has 0 amide bonds. The monoisotopic (exact) mass is 774 g/mol. The van der Waals surface area contributed by atoms with Crippen LogP contribution >= 0.6 is 11.3 Å². The number of hydrogen-bond acceptors (Lipinski definition) is 4. The molecule has 0 fully saturated rings. The van der Waals surface area contributed by atoms with Gasteiger partial charge >= 0.3 is 0 Å². The van der Waals surface area contributed by atoms with Crippen LogP contribution in [0, 0.1) is 17.9 Å². The molecule has 0 bridgehead atoms. The largest absolute Gasteiger partial charge is 0.512 e. The standard InChI is InChI=1S/C24H21N2S.C13H24O2.Ir/c1-24(2,3)19-14-16(13-15-9-5-6-10-17(15)19)23-25-22-21(27-23)18-11-7-8-12-20(18)26(22)4;1-5-10(6-2)12(14)9-13(15)11(7-3)8-4;/h5-12,14H,1-4H3;9-11,14H,5-8H2,1-4H3;/q-1;;/b;12-9-;. The van der Waals surface area contributed by atoms with Gasteiger partial charge in [-0.15, -0.1) is 29.1 Å². The van der Waals surface area contributed by atoms with Gasteiger partial charge in [-0.2, -0.15) is 11.3 Å². The van der Waals surface area contributed by atoms with Crippen LogP contribution < -0.4 is 0 Å². The Balaban J connectivity index is 0.000000274. The Labute approximate surface area is 274 Å². The van der Waals surface area contributed by atoms with E-state index in [2.05, 4.69) is 93.0 Å². The molecule has 2 aromatic heterocycles. The number of aryl methyl sites for hydroxylation is 1. The van der Waals surface area contributed by atoms with Gasteiger partial charge < -0.3 is 9.67 Å². The fourth-order valence-corrected chi connectivity index (χ4v) is 6.75. The van der Waals surface area contributed by atoms with Gasteiger partial charge in [0.2, 0.25) is 0 Å². The zero-order chi connectivity index (χ0) is 30.6. The number of carbonyl (C=O) groups is 1. The van der Waals surface area contributed by atoms with Gasteiger partial charge in [0, 0.05) is 50.5 Å². The topological polar surface area (TPSA) is 55.1 Å². The average molecular weight is 774 g/mol. The van der Waals surface area contributed by atoms with E-state index in [1.807, 2.05) is 27.7 Å². The first-order valence-corrected chi connectivity index (χ1v) is 16.1. The number of ketones is 1. The summed E-state index contributed by atoms with van der Waals surface area (Å²) in [5.74, 6) is 0.547. The fourth-order valence-electron chi connectivity index (χ4n) is 5.65. The van der Waals surface area contributed by atoms with Crippen LogP contribution in [0.25, 0.3) is 42.6 Å². The van der Waals surface area contributed by atoms with Crippen molar-refractivity contribution in [3.05, 3.63) is 78.1 Å². The third-order valence-electron chi connectivity index (χ3n) is 8.33. The smallest absolute Gasteiger partial charge is 0.162 e. The molecule has 2 heterocycles. The van der Waals surface area contributed by atoms with Crippen LogP contribution in [0.3, 0.4) is 0 Å². The number of benzene rings is 3. The van der Waals surface area contributed by atoms with E-state index in [9.17, 15) is 9.90 Å². The molecule has 3 aromatic carbocycles. The van der Waals surface area contributed by atoms with E-state index in [4.69, 9.17) is 4.98 Å². The number of hydrogen-bond donors (Lipinski definition) is 1. The predicted molar refractivity (Wildman–Crippen MR) is 180 cm³/mol. The van der Waals surface area contributed by atoms with E-state index in [1.54, 1.807) is 11.3 Å². The van der Waals surface area contributed by atoms with Crippen LogP contribution in [-0.2, 0) is 37.4 Å². The van der Waals surface area contributed by atoms with Crippen molar-refractivity contribution < 1.29 is 30.0 Å². The van der Waals surface area contributed by atoms with Crippen molar-refractivity contribution in [2.45, 2.75) is 79.6 Å². The van der Waals surface area contributed by atoms with Gasteiger partial charge in [0.05, 0.1) is 21.0 Å². The van der Waals surface area contributed by atoms with Crippen LogP contribution in [-0.4, -0.2) is 20.4 Å². The van der Waals surface area contributed by atoms with Crippen molar-refractivity contribution in [3.8, 4) is 10.6 Å². The normalized spacial score (nSPS) is 12.2. The third kappa shape index (κ3) is 7.48. The molecule has 1 radical (unpaired) electrons. The predicted octanol–water partition coefficient (Wildman–Crippen LogP) is 10.6.